The molecule has 2 heterocycles. The van der Waals surface area contributed by atoms with Crippen molar-refractivity contribution in [3.63, 3.8) is 0 Å². The number of carbonyl (C=O) groups is 2. The van der Waals surface area contributed by atoms with E-state index >= 15 is 0 Å². The summed E-state index contributed by atoms with van der Waals surface area (Å²) in [6.07, 6.45) is -0.828. The van der Waals surface area contributed by atoms with Gasteiger partial charge in [-0.2, -0.15) is 0 Å². The number of carboxylic acids is 1. The van der Waals surface area contributed by atoms with Gasteiger partial charge in [-0.1, -0.05) is 31.2 Å². The quantitative estimate of drug-likeness (QED) is 0.431. The molecule has 0 aromatic heterocycles. The second-order valence-corrected chi connectivity index (χ2v) is 6.16. The number of aliphatic carboxylic acids is 1. The molecule has 0 radical (unpaired) electrons. The first-order valence-electron chi connectivity index (χ1n) is 7.55. The number of aliphatic hydroxyl groups excluding tert-OH is 2. The third kappa shape index (κ3) is 2.92. The molecule has 2 aliphatic rings. The Morgan fingerprint density at radius 2 is 1.92 bits per heavy atom. The van der Waals surface area contributed by atoms with E-state index in [0.29, 0.717) is 11.1 Å². The van der Waals surface area contributed by atoms with E-state index in [1.807, 2.05) is 6.92 Å². The molecule has 0 spiro atoms. The van der Waals surface area contributed by atoms with Gasteiger partial charge in [0.15, 0.2) is 0 Å². The predicted octanol–water partition coefficient (Wildman–Crippen LogP) is -3.50. The molecule has 1 amide bonds. The Balaban J connectivity index is 0.00000208. The summed E-state index contributed by atoms with van der Waals surface area (Å²) in [6, 6.07) is 6.53. The van der Waals surface area contributed by atoms with Crippen molar-refractivity contribution in [2.45, 2.75) is 32.6 Å². The van der Waals surface area contributed by atoms with Gasteiger partial charge in [-0.3, -0.25) is 4.79 Å². The fourth-order valence-corrected chi connectivity index (χ4v) is 3.73. The van der Waals surface area contributed by atoms with Crippen LogP contribution in [0.25, 0.3) is 5.57 Å². The van der Waals surface area contributed by atoms with Crippen LogP contribution in [0.15, 0.2) is 30.0 Å². The maximum atomic E-state index is 12.2. The number of benzene rings is 1. The molecule has 1 fully saturated rings. The largest absolute Gasteiger partial charge is 1.00 e. The first kappa shape index (κ1) is 19.8. The van der Waals surface area contributed by atoms with Crippen molar-refractivity contribution >= 4 is 17.4 Å². The van der Waals surface area contributed by atoms with Crippen molar-refractivity contribution < 1.29 is 76.3 Å². The molecule has 0 bridgehead atoms. The average molecular weight is 355 g/mol. The Morgan fingerprint density at radius 1 is 1.33 bits per heavy atom. The standard InChI is InChI=1S/C17H19NO5.K/c1-8-12(11-5-3-10(7-19)4-6-11)15(17(22)23)18-14(8)13(9(2)20)16(18)21;/h3-6,8-9,13-14,19-20H,7H2,1-2H3,(H,22,23);/q;+1/p-1/t8-,9+,13+,14+;/m0./s1. The van der Waals surface area contributed by atoms with Gasteiger partial charge in [-0.05, 0) is 23.6 Å². The van der Waals surface area contributed by atoms with Gasteiger partial charge in [0, 0.05) is 5.92 Å². The van der Waals surface area contributed by atoms with Crippen LogP contribution in [0, 0.1) is 11.8 Å². The summed E-state index contributed by atoms with van der Waals surface area (Å²) in [7, 11) is 0. The maximum absolute atomic E-state index is 12.2. The second-order valence-electron chi connectivity index (χ2n) is 6.16. The Hall–Kier alpha value is -0.544. The zero-order valence-electron chi connectivity index (χ0n) is 13.9. The van der Waals surface area contributed by atoms with Gasteiger partial charge in [0.2, 0.25) is 5.91 Å². The van der Waals surface area contributed by atoms with Crippen molar-refractivity contribution in [2.75, 3.05) is 0 Å². The van der Waals surface area contributed by atoms with E-state index in [1.165, 1.54) is 4.90 Å². The molecule has 6 nitrogen and oxygen atoms in total. The zero-order valence-corrected chi connectivity index (χ0v) is 17.0. The molecule has 24 heavy (non-hydrogen) atoms. The van der Waals surface area contributed by atoms with Crippen molar-refractivity contribution in [3.05, 3.63) is 41.1 Å². The van der Waals surface area contributed by atoms with Crippen molar-refractivity contribution in [1.29, 1.82) is 0 Å². The van der Waals surface area contributed by atoms with Gasteiger partial charge in [0.25, 0.3) is 0 Å². The van der Waals surface area contributed by atoms with Crippen LogP contribution >= 0.6 is 0 Å². The molecule has 1 aromatic carbocycles. The third-order valence-corrected chi connectivity index (χ3v) is 4.81. The van der Waals surface area contributed by atoms with Gasteiger partial charge in [-0.15, -0.1) is 0 Å². The molecule has 122 valence electrons. The van der Waals surface area contributed by atoms with Gasteiger partial charge in [0.05, 0.1) is 36.3 Å². The minimum absolute atomic E-state index is 0. The second kappa shape index (κ2) is 7.37. The number of nitrogens with zero attached hydrogens (tertiary/aromatic N) is 1. The molecule has 7 heteroatoms. The number of carboxylic acid groups (broad SMARTS) is 1. The number of β-lactam (4-membered cyclic amide) rings is 1. The van der Waals surface area contributed by atoms with E-state index in [9.17, 15) is 19.8 Å². The number of hydrogen-bond acceptors (Lipinski definition) is 5. The van der Waals surface area contributed by atoms with Gasteiger partial charge in [0.1, 0.15) is 0 Å². The monoisotopic (exact) mass is 355 g/mol. The summed E-state index contributed by atoms with van der Waals surface area (Å²) in [5, 5.41) is 30.5. The number of aliphatic hydroxyl groups is 2. The van der Waals surface area contributed by atoms with E-state index in [2.05, 4.69) is 0 Å². The van der Waals surface area contributed by atoms with Crippen molar-refractivity contribution in [2.24, 2.45) is 11.8 Å². The van der Waals surface area contributed by atoms with Crippen LogP contribution < -0.4 is 56.5 Å². The minimum atomic E-state index is -1.39. The molecule has 1 aromatic rings. The summed E-state index contributed by atoms with van der Waals surface area (Å²) < 4.78 is 0. The third-order valence-electron chi connectivity index (χ3n) is 4.81. The fourth-order valence-electron chi connectivity index (χ4n) is 3.73. The molecular formula is C17H18KNO5. The number of rotatable bonds is 4. The summed E-state index contributed by atoms with van der Waals surface area (Å²) >= 11 is 0. The SMILES string of the molecule is C[C@@H](O)[C@H]1C(=O)N2C(C(=O)[O-])=C(c3ccc(CO)cc3)[C@H](C)[C@H]12.[K+]. The van der Waals surface area contributed by atoms with Crippen LogP contribution in [-0.4, -0.2) is 39.1 Å². The summed E-state index contributed by atoms with van der Waals surface area (Å²) in [4.78, 5) is 25.1. The predicted molar refractivity (Wildman–Crippen MR) is 79.3 cm³/mol. The number of fused-ring (bicyclic) bond motifs is 1. The first-order chi connectivity index (χ1) is 10.9. The summed E-state index contributed by atoms with van der Waals surface area (Å²) in [5.74, 6) is -2.58. The number of amides is 1. The van der Waals surface area contributed by atoms with E-state index in [0.717, 1.165) is 5.56 Å². The van der Waals surface area contributed by atoms with Crippen LogP contribution in [0.1, 0.15) is 25.0 Å². The molecule has 4 atom stereocenters. The topological polar surface area (TPSA) is 101 Å². The van der Waals surface area contributed by atoms with Crippen LogP contribution in [0.2, 0.25) is 0 Å². The minimum Gasteiger partial charge on any atom is -0.543 e. The van der Waals surface area contributed by atoms with Gasteiger partial charge in [-0.25, -0.2) is 0 Å². The van der Waals surface area contributed by atoms with Crippen molar-refractivity contribution in [1.82, 2.24) is 4.90 Å². The van der Waals surface area contributed by atoms with Gasteiger partial charge < -0.3 is 25.0 Å². The number of hydrogen-bond donors (Lipinski definition) is 2. The van der Waals surface area contributed by atoms with E-state index in [4.69, 9.17) is 5.11 Å². The van der Waals surface area contributed by atoms with E-state index < -0.39 is 18.0 Å². The average Bonchev–Trinajstić information content (AvgIpc) is 2.76. The number of carbonyl (C=O) groups excluding carboxylic acids is 2. The Kier molecular flexibility index (Phi) is 6.07. The fraction of sp³-hybridized carbons (Fsp3) is 0.412. The normalized spacial score (nSPS) is 26.6. The Bertz CT molecular complexity index is 697. The smallest absolute Gasteiger partial charge is 0.543 e. The van der Waals surface area contributed by atoms with Crippen LogP contribution in [0.5, 0.6) is 0 Å². The van der Waals surface area contributed by atoms with Crippen LogP contribution in [0.3, 0.4) is 0 Å². The first-order valence-corrected chi connectivity index (χ1v) is 7.55. The summed E-state index contributed by atoms with van der Waals surface area (Å²) in [6.45, 7) is 3.30. The molecule has 0 aliphatic carbocycles. The molecule has 0 saturated carbocycles. The molecule has 2 N–H and O–H groups in total. The van der Waals surface area contributed by atoms with Crippen LogP contribution in [0.4, 0.5) is 0 Å². The van der Waals surface area contributed by atoms with Gasteiger partial charge >= 0.3 is 51.4 Å². The summed E-state index contributed by atoms with van der Waals surface area (Å²) in [5.41, 5.74) is 1.83. The van der Waals surface area contributed by atoms with E-state index in [1.54, 1.807) is 31.2 Å². The molecule has 3 rings (SSSR count). The molecule has 1 saturated heterocycles. The zero-order chi connectivity index (χ0) is 16.9. The Morgan fingerprint density at radius 3 is 2.38 bits per heavy atom. The van der Waals surface area contributed by atoms with Crippen LogP contribution in [-0.2, 0) is 16.2 Å². The maximum Gasteiger partial charge on any atom is 1.00 e. The molecule has 2 aliphatic heterocycles. The van der Waals surface area contributed by atoms with E-state index in [-0.39, 0.29) is 81.6 Å². The molecular weight excluding hydrogens is 337 g/mol. The molecule has 0 unspecified atom stereocenters. The Labute approximate surface area is 182 Å². The van der Waals surface area contributed by atoms with Crippen molar-refractivity contribution in [3.8, 4) is 0 Å².